The van der Waals surface area contributed by atoms with E-state index in [1.807, 2.05) is 18.5 Å². The van der Waals surface area contributed by atoms with Crippen LogP contribution < -0.4 is 10.2 Å². The van der Waals surface area contributed by atoms with Crippen LogP contribution in [-0.4, -0.2) is 35.1 Å². The Kier molecular flexibility index (Phi) is 3.22. The topological polar surface area (TPSA) is 41.1 Å². The second-order valence-electron chi connectivity index (χ2n) is 5.10. The third kappa shape index (κ3) is 2.57. The van der Waals surface area contributed by atoms with Crippen LogP contribution in [0.4, 0.5) is 5.95 Å². The van der Waals surface area contributed by atoms with Crippen molar-refractivity contribution in [3.63, 3.8) is 0 Å². The van der Waals surface area contributed by atoms with Gasteiger partial charge in [0.2, 0.25) is 5.95 Å². The van der Waals surface area contributed by atoms with Crippen LogP contribution >= 0.6 is 0 Å². The third-order valence-electron chi connectivity index (χ3n) is 3.91. The quantitative estimate of drug-likeness (QED) is 0.859. The van der Waals surface area contributed by atoms with Crippen molar-refractivity contribution in [3.05, 3.63) is 18.5 Å². The Balaban J connectivity index is 1.50. The first kappa shape index (κ1) is 11.0. The molecule has 0 radical (unpaired) electrons. The summed E-state index contributed by atoms with van der Waals surface area (Å²) in [5.41, 5.74) is 0. The van der Waals surface area contributed by atoms with Crippen molar-refractivity contribution in [2.45, 2.75) is 44.2 Å². The maximum atomic E-state index is 4.31. The molecule has 0 spiro atoms. The summed E-state index contributed by atoms with van der Waals surface area (Å²) in [5, 5.41) is 3.76. The van der Waals surface area contributed by atoms with E-state index in [-0.39, 0.29) is 0 Å². The number of hydrogen-bond donors (Lipinski definition) is 1. The average Bonchev–Trinajstić information content (AvgIpc) is 2.36. The van der Waals surface area contributed by atoms with Crippen LogP contribution in [0.25, 0.3) is 0 Å². The summed E-state index contributed by atoms with van der Waals surface area (Å²) in [6, 6.07) is 3.38. The standard InChI is InChI=1S/C13H20N4/c1-3-11(4-1)16-12-5-9-17(10-6-12)13-14-7-2-8-15-13/h2,7-8,11-12,16H,1,3-6,9-10H2. The minimum atomic E-state index is 0.709. The molecule has 4 nitrogen and oxygen atoms in total. The molecule has 1 aromatic heterocycles. The van der Waals surface area contributed by atoms with Crippen molar-refractivity contribution in [1.29, 1.82) is 0 Å². The van der Waals surface area contributed by atoms with Crippen LogP contribution in [0.5, 0.6) is 0 Å². The molecule has 2 fully saturated rings. The number of nitrogens with one attached hydrogen (secondary N) is 1. The predicted octanol–water partition coefficient (Wildman–Crippen LogP) is 1.59. The zero-order valence-electron chi connectivity index (χ0n) is 10.2. The molecule has 0 unspecified atom stereocenters. The molecule has 0 bridgehead atoms. The summed E-state index contributed by atoms with van der Waals surface area (Å²) in [6.07, 6.45) is 10.2. The lowest BCUT2D eigenvalue weighted by Gasteiger charge is -2.37. The van der Waals surface area contributed by atoms with Crippen LogP contribution in [0, 0.1) is 0 Å². The van der Waals surface area contributed by atoms with Crippen molar-refractivity contribution in [3.8, 4) is 0 Å². The second-order valence-corrected chi connectivity index (χ2v) is 5.10. The van der Waals surface area contributed by atoms with E-state index in [4.69, 9.17) is 0 Å². The molecule has 0 amide bonds. The number of rotatable bonds is 3. The van der Waals surface area contributed by atoms with Crippen LogP contribution in [0.3, 0.4) is 0 Å². The van der Waals surface area contributed by atoms with E-state index in [9.17, 15) is 0 Å². The molecule has 0 atom stereocenters. The lowest BCUT2D eigenvalue weighted by atomic mass is 9.91. The van der Waals surface area contributed by atoms with Crippen molar-refractivity contribution in [2.24, 2.45) is 0 Å². The van der Waals surface area contributed by atoms with Crippen molar-refractivity contribution >= 4 is 5.95 Å². The molecule has 1 aliphatic carbocycles. The first-order valence-corrected chi connectivity index (χ1v) is 6.70. The first-order chi connectivity index (χ1) is 8.42. The molecule has 1 N–H and O–H groups in total. The van der Waals surface area contributed by atoms with E-state index < -0.39 is 0 Å². The highest BCUT2D eigenvalue weighted by Crippen LogP contribution is 2.22. The predicted molar refractivity (Wildman–Crippen MR) is 68.0 cm³/mol. The van der Waals surface area contributed by atoms with Gasteiger partial charge in [-0.15, -0.1) is 0 Å². The number of nitrogens with zero attached hydrogens (tertiary/aromatic N) is 3. The van der Waals surface area contributed by atoms with Gasteiger partial charge in [-0.3, -0.25) is 0 Å². The van der Waals surface area contributed by atoms with Gasteiger partial charge in [-0.1, -0.05) is 6.42 Å². The smallest absolute Gasteiger partial charge is 0.225 e. The fourth-order valence-electron chi connectivity index (χ4n) is 2.61. The Hall–Kier alpha value is -1.16. The van der Waals surface area contributed by atoms with E-state index in [1.165, 1.54) is 32.1 Å². The molecule has 1 saturated carbocycles. The molecule has 1 aliphatic heterocycles. The lowest BCUT2D eigenvalue weighted by Crippen LogP contribution is -2.48. The van der Waals surface area contributed by atoms with E-state index in [0.29, 0.717) is 6.04 Å². The Morgan fingerprint density at radius 1 is 1.00 bits per heavy atom. The highest BCUT2D eigenvalue weighted by molar-refractivity contribution is 5.29. The minimum Gasteiger partial charge on any atom is -0.341 e. The molecule has 4 heteroatoms. The minimum absolute atomic E-state index is 0.709. The number of hydrogen-bond acceptors (Lipinski definition) is 4. The molecule has 0 aromatic carbocycles. The summed E-state index contributed by atoms with van der Waals surface area (Å²) in [7, 11) is 0. The SMILES string of the molecule is c1cnc(N2CCC(NC3CCC3)CC2)nc1. The Morgan fingerprint density at radius 2 is 1.65 bits per heavy atom. The van der Waals surface area contributed by atoms with Gasteiger partial charge < -0.3 is 10.2 Å². The molecule has 2 aliphatic rings. The molecular formula is C13H20N4. The van der Waals surface area contributed by atoms with Crippen LogP contribution in [0.2, 0.25) is 0 Å². The van der Waals surface area contributed by atoms with E-state index in [1.54, 1.807) is 0 Å². The summed E-state index contributed by atoms with van der Waals surface area (Å²) in [4.78, 5) is 10.9. The zero-order valence-corrected chi connectivity index (χ0v) is 10.2. The van der Waals surface area contributed by atoms with E-state index in [0.717, 1.165) is 25.1 Å². The molecule has 1 aromatic rings. The number of aromatic nitrogens is 2. The van der Waals surface area contributed by atoms with Gasteiger partial charge in [0.15, 0.2) is 0 Å². The summed E-state index contributed by atoms with van der Waals surface area (Å²) >= 11 is 0. The monoisotopic (exact) mass is 232 g/mol. The molecule has 2 heterocycles. The largest absolute Gasteiger partial charge is 0.341 e. The molecule has 92 valence electrons. The van der Waals surface area contributed by atoms with Crippen molar-refractivity contribution in [2.75, 3.05) is 18.0 Å². The van der Waals surface area contributed by atoms with E-state index >= 15 is 0 Å². The summed E-state index contributed by atoms with van der Waals surface area (Å²) < 4.78 is 0. The fraction of sp³-hybridized carbons (Fsp3) is 0.692. The van der Waals surface area contributed by atoms with Gasteiger partial charge in [0.25, 0.3) is 0 Å². The Morgan fingerprint density at radius 3 is 2.24 bits per heavy atom. The molecule has 3 rings (SSSR count). The van der Waals surface area contributed by atoms with Crippen LogP contribution in [0.1, 0.15) is 32.1 Å². The van der Waals surface area contributed by atoms with Gasteiger partial charge in [-0.25, -0.2) is 9.97 Å². The number of anilines is 1. The highest BCUT2D eigenvalue weighted by Gasteiger charge is 2.25. The zero-order chi connectivity index (χ0) is 11.5. The van der Waals surface area contributed by atoms with Crippen molar-refractivity contribution < 1.29 is 0 Å². The normalized spacial score (nSPS) is 22.5. The third-order valence-corrected chi connectivity index (χ3v) is 3.91. The first-order valence-electron chi connectivity index (χ1n) is 6.70. The second kappa shape index (κ2) is 5.00. The van der Waals surface area contributed by atoms with E-state index in [2.05, 4.69) is 20.2 Å². The maximum absolute atomic E-state index is 4.31. The molecule has 17 heavy (non-hydrogen) atoms. The summed E-state index contributed by atoms with van der Waals surface area (Å²) in [5.74, 6) is 0.884. The van der Waals surface area contributed by atoms with Crippen LogP contribution in [-0.2, 0) is 0 Å². The Labute approximate surface area is 102 Å². The van der Waals surface area contributed by atoms with Gasteiger partial charge in [0, 0.05) is 37.6 Å². The average molecular weight is 232 g/mol. The van der Waals surface area contributed by atoms with Gasteiger partial charge in [-0.05, 0) is 31.7 Å². The van der Waals surface area contributed by atoms with Crippen LogP contribution in [0.15, 0.2) is 18.5 Å². The van der Waals surface area contributed by atoms with Gasteiger partial charge in [0.1, 0.15) is 0 Å². The number of piperidine rings is 1. The molecular weight excluding hydrogens is 212 g/mol. The maximum Gasteiger partial charge on any atom is 0.225 e. The molecule has 1 saturated heterocycles. The lowest BCUT2D eigenvalue weighted by molar-refractivity contribution is 0.279. The Bertz CT molecular complexity index is 342. The fourth-order valence-corrected chi connectivity index (χ4v) is 2.61. The van der Waals surface area contributed by atoms with Gasteiger partial charge in [0.05, 0.1) is 0 Å². The van der Waals surface area contributed by atoms with Gasteiger partial charge >= 0.3 is 0 Å². The van der Waals surface area contributed by atoms with Crippen molar-refractivity contribution in [1.82, 2.24) is 15.3 Å². The van der Waals surface area contributed by atoms with Gasteiger partial charge in [-0.2, -0.15) is 0 Å². The summed E-state index contributed by atoms with van der Waals surface area (Å²) in [6.45, 7) is 2.16. The highest BCUT2D eigenvalue weighted by atomic mass is 15.3.